The molecule has 20 heavy (non-hydrogen) atoms. The van der Waals surface area contributed by atoms with E-state index in [4.69, 9.17) is 0 Å². The smallest absolute Gasteiger partial charge is 0.0731 e. The Bertz CT molecular complexity index is 569. The van der Waals surface area contributed by atoms with Crippen molar-refractivity contribution in [2.45, 2.75) is 45.9 Å². The first-order chi connectivity index (χ1) is 9.40. The van der Waals surface area contributed by atoms with Gasteiger partial charge in [0.15, 0.2) is 0 Å². The van der Waals surface area contributed by atoms with E-state index in [0.717, 1.165) is 16.8 Å². The van der Waals surface area contributed by atoms with E-state index in [2.05, 4.69) is 44.2 Å². The monoisotopic (exact) mass is 273 g/mol. The zero-order chi connectivity index (χ0) is 14.8. The zero-order valence-corrected chi connectivity index (χ0v) is 12.6. The van der Waals surface area contributed by atoms with Gasteiger partial charge in [-0.15, -0.1) is 0 Å². The molecule has 0 spiro atoms. The number of anilines is 1. The van der Waals surface area contributed by atoms with Gasteiger partial charge in [-0.3, -0.25) is 4.68 Å². The Balaban J connectivity index is 2.11. The number of aromatic nitrogens is 2. The van der Waals surface area contributed by atoms with Crippen molar-refractivity contribution in [3.8, 4) is 0 Å². The van der Waals surface area contributed by atoms with E-state index >= 15 is 0 Å². The highest BCUT2D eigenvalue weighted by molar-refractivity contribution is 5.42. The predicted octanol–water partition coefficient (Wildman–Crippen LogP) is 3.30. The zero-order valence-electron chi connectivity index (χ0n) is 12.6. The summed E-state index contributed by atoms with van der Waals surface area (Å²) in [4.78, 5) is 0. The minimum absolute atomic E-state index is 0.0139. The van der Waals surface area contributed by atoms with Crippen molar-refractivity contribution in [1.82, 2.24) is 9.78 Å². The van der Waals surface area contributed by atoms with Crippen LogP contribution in [0.25, 0.3) is 0 Å². The van der Waals surface area contributed by atoms with Gasteiger partial charge in [0.05, 0.1) is 24.0 Å². The number of nitrogens with one attached hydrogen (secondary N) is 1. The van der Waals surface area contributed by atoms with Crippen LogP contribution in [0.3, 0.4) is 0 Å². The Kier molecular flexibility index (Phi) is 4.14. The van der Waals surface area contributed by atoms with Crippen molar-refractivity contribution >= 4 is 5.69 Å². The highest BCUT2D eigenvalue weighted by Crippen LogP contribution is 2.22. The van der Waals surface area contributed by atoms with E-state index in [-0.39, 0.29) is 18.2 Å². The molecular formula is C16H23N3O. The van der Waals surface area contributed by atoms with Gasteiger partial charge in [0, 0.05) is 12.2 Å². The highest BCUT2D eigenvalue weighted by Gasteiger charge is 2.15. The van der Waals surface area contributed by atoms with Gasteiger partial charge < -0.3 is 10.4 Å². The maximum Gasteiger partial charge on any atom is 0.0731 e. The second-order valence-corrected chi connectivity index (χ2v) is 6.11. The van der Waals surface area contributed by atoms with E-state index in [9.17, 15) is 5.11 Å². The quantitative estimate of drug-likeness (QED) is 0.898. The van der Waals surface area contributed by atoms with Gasteiger partial charge in [-0.2, -0.15) is 5.10 Å². The number of benzene rings is 1. The summed E-state index contributed by atoms with van der Waals surface area (Å²) in [5, 5.41) is 17.0. The molecule has 1 aromatic heterocycles. The molecule has 0 bridgehead atoms. The van der Waals surface area contributed by atoms with Crippen LogP contribution in [0.1, 0.15) is 44.9 Å². The molecule has 1 heterocycles. The van der Waals surface area contributed by atoms with Crippen LogP contribution in [0.15, 0.2) is 36.7 Å². The van der Waals surface area contributed by atoms with Gasteiger partial charge in [0.1, 0.15) is 0 Å². The second kappa shape index (κ2) is 5.67. The van der Waals surface area contributed by atoms with Crippen molar-refractivity contribution in [2.24, 2.45) is 0 Å². The Morgan fingerprint density at radius 1 is 1.35 bits per heavy atom. The van der Waals surface area contributed by atoms with Crippen molar-refractivity contribution in [3.05, 3.63) is 47.8 Å². The predicted molar refractivity (Wildman–Crippen MR) is 81.6 cm³/mol. The van der Waals surface area contributed by atoms with Crippen LogP contribution >= 0.6 is 0 Å². The minimum atomic E-state index is -0.0139. The second-order valence-electron chi connectivity index (χ2n) is 6.11. The average Bonchev–Trinajstić information content (AvgIpc) is 2.87. The first-order valence-corrected chi connectivity index (χ1v) is 6.91. The third-order valence-corrected chi connectivity index (χ3v) is 3.29. The van der Waals surface area contributed by atoms with E-state index < -0.39 is 0 Å². The molecule has 1 aromatic carbocycles. The molecule has 1 unspecified atom stereocenters. The molecule has 4 heteroatoms. The molecular weight excluding hydrogens is 250 g/mol. The van der Waals surface area contributed by atoms with Gasteiger partial charge in [-0.25, -0.2) is 0 Å². The van der Waals surface area contributed by atoms with Crippen molar-refractivity contribution in [3.63, 3.8) is 0 Å². The molecule has 0 aliphatic rings. The van der Waals surface area contributed by atoms with Crippen LogP contribution in [0.5, 0.6) is 0 Å². The van der Waals surface area contributed by atoms with Crippen LogP contribution in [-0.4, -0.2) is 14.9 Å². The molecule has 0 amide bonds. The Morgan fingerprint density at radius 2 is 2.10 bits per heavy atom. The number of rotatable bonds is 4. The van der Waals surface area contributed by atoms with Crippen LogP contribution in [-0.2, 0) is 12.1 Å². The molecule has 4 nitrogen and oxygen atoms in total. The lowest BCUT2D eigenvalue weighted by atomic mass is 10.1. The lowest BCUT2D eigenvalue weighted by Crippen LogP contribution is -2.21. The lowest BCUT2D eigenvalue weighted by Gasteiger charge is -2.19. The van der Waals surface area contributed by atoms with Crippen molar-refractivity contribution in [1.29, 1.82) is 0 Å². The van der Waals surface area contributed by atoms with Gasteiger partial charge in [0.25, 0.3) is 0 Å². The van der Waals surface area contributed by atoms with E-state index in [1.165, 1.54) is 0 Å². The number of hydrogen-bond acceptors (Lipinski definition) is 3. The van der Waals surface area contributed by atoms with Crippen LogP contribution in [0.2, 0.25) is 0 Å². The van der Waals surface area contributed by atoms with Gasteiger partial charge in [-0.1, -0.05) is 24.3 Å². The van der Waals surface area contributed by atoms with Gasteiger partial charge in [-0.05, 0) is 38.8 Å². The minimum Gasteiger partial charge on any atom is -0.392 e. The normalized spacial score (nSPS) is 13.2. The summed E-state index contributed by atoms with van der Waals surface area (Å²) in [6.07, 6.45) is 3.87. The average molecular weight is 273 g/mol. The van der Waals surface area contributed by atoms with E-state index in [0.29, 0.717) is 0 Å². The fourth-order valence-electron chi connectivity index (χ4n) is 2.06. The number of nitrogens with zero attached hydrogens (tertiary/aromatic N) is 2. The standard InChI is InChI=1S/C16H23N3O/c1-12(14-7-5-6-13(8-14)11-20)18-15-9-17-19(10-15)16(2,3)4/h5-10,12,18,20H,11H2,1-4H3. The third-order valence-electron chi connectivity index (χ3n) is 3.29. The first kappa shape index (κ1) is 14.6. The first-order valence-electron chi connectivity index (χ1n) is 6.91. The highest BCUT2D eigenvalue weighted by atomic mass is 16.3. The summed E-state index contributed by atoms with van der Waals surface area (Å²) in [6.45, 7) is 8.54. The van der Waals surface area contributed by atoms with Crippen LogP contribution in [0.4, 0.5) is 5.69 Å². The fourth-order valence-corrected chi connectivity index (χ4v) is 2.06. The molecule has 0 aliphatic carbocycles. The molecule has 0 saturated carbocycles. The Hall–Kier alpha value is -1.81. The SMILES string of the molecule is CC(Nc1cnn(C(C)(C)C)c1)c1cccc(CO)c1. The van der Waals surface area contributed by atoms with E-state index in [1.54, 1.807) is 0 Å². The summed E-state index contributed by atoms with van der Waals surface area (Å²) < 4.78 is 1.95. The van der Waals surface area contributed by atoms with Crippen LogP contribution in [0, 0.1) is 0 Å². The molecule has 2 N–H and O–H groups in total. The maximum atomic E-state index is 9.19. The fraction of sp³-hybridized carbons (Fsp3) is 0.438. The Labute approximate surface area is 120 Å². The number of aliphatic hydroxyl groups excluding tert-OH is 1. The summed E-state index contributed by atoms with van der Waals surface area (Å²) >= 11 is 0. The molecule has 1 atom stereocenters. The number of hydrogen-bond donors (Lipinski definition) is 2. The molecule has 2 rings (SSSR count). The molecule has 0 saturated heterocycles. The molecule has 108 valence electrons. The van der Waals surface area contributed by atoms with Crippen molar-refractivity contribution in [2.75, 3.05) is 5.32 Å². The molecule has 0 aliphatic heterocycles. The van der Waals surface area contributed by atoms with Gasteiger partial charge in [0.2, 0.25) is 0 Å². The van der Waals surface area contributed by atoms with Crippen LogP contribution < -0.4 is 5.32 Å². The summed E-state index contributed by atoms with van der Waals surface area (Å²) in [5.74, 6) is 0. The summed E-state index contributed by atoms with van der Waals surface area (Å²) in [5.41, 5.74) is 3.07. The third kappa shape index (κ3) is 3.39. The molecule has 0 fully saturated rings. The lowest BCUT2D eigenvalue weighted by molar-refractivity contribution is 0.281. The maximum absolute atomic E-state index is 9.19. The number of aliphatic hydroxyl groups is 1. The largest absolute Gasteiger partial charge is 0.392 e. The van der Waals surface area contributed by atoms with Gasteiger partial charge >= 0.3 is 0 Å². The topological polar surface area (TPSA) is 50.1 Å². The Morgan fingerprint density at radius 3 is 2.70 bits per heavy atom. The van der Waals surface area contributed by atoms with Crippen molar-refractivity contribution < 1.29 is 5.11 Å². The molecule has 2 aromatic rings. The summed E-state index contributed by atoms with van der Waals surface area (Å²) in [6, 6.07) is 8.14. The van der Waals surface area contributed by atoms with E-state index in [1.807, 2.05) is 35.3 Å². The molecule has 0 radical (unpaired) electrons. The summed E-state index contributed by atoms with van der Waals surface area (Å²) in [7, 11) is 0.